The predicted molar refractivity (Wildman–Crippen MR) is 100 cm³/mol. The highest BCUT2D eigenvalue weighted by molar-refractivity contribution is 5.27. The number of aliphatic hydroxyl groups excluding tert-OH is 1. The first-order chi connectivity index (χ1) is 11.7. The second kappa shape index (κ2) is 8.46. The molecule has 0 radical (unpaired) electrons. The van der Waals surface area contributed by atoms with Gasteiger partial charge in [0, 0.05) is 25.7 Å². The van der Waals surface area contributed by atoms with Crippen LogP contribution in [-0.2, 0) is 6.54 Å². The van der Waals surface area contributed by atoms with E-state index in [9.17, 15) is 5.11 Å². The summed E-state index contributed by atoms with van der Waals surface area (Å²) in [5.74, 6) is 1.55. The second-order valence-corrected chi connectivity index (χ2v) is 8.07. The molecule has 2 aliphatic rings. The van der Waals surface area contributed by atoms with E-state index in [1.807, 2.05) is 0 Å². The molecule has 24 heavy (non-hydrogen) atoms. The summed E-state index contributed by atoms with van der Waals surface area (Å²) < 4.78 is 0. The molecule has 0 spiro atoms. The Balaban J connectivity index is 1.45. The maximum Gasteiger partial charge on any atom is 0.0558 e. The number of nitrogens with zero attached hydrogens (tertiary/aromatic N) is 2. The van der Waals surface area contributed by atoms with Crippen molar-refractivity contribution in [2.45, 2.75) is 58.0 Å². The fraction of sp³-hybridized carbons (Fsp3) is 0.714. The molecule has 3 rings (SSSR count). The summed E-state index contributed by atoms with van der Waals surface area (Å²) in [6, 6.07) is 9.93. The molecule has 3 heteroatoms. The smallest absolute Gasteiger partial charge is 0.0558 e. The summed E-state index contributed by atoms with van der Waals surface area (Å²) in [4.78, 5) is 4.98. The molecule has 1 aliphatic heterocycles. The average molecular weight is 331 g/mol. The maximum atomic E-state index is 9.20. The fourth-order valence-electron chi connectivity index (χ4n) is 4.27. The molecule has 0 amide bonds. The van der Waals surface area contributed by atoms with Crippen LogP contribution in [0.1, 0.15) is 56.6 Å². The molecule has 1 N–H and O–H groups in total. The first-order valence-electron chi connectivity index (χ1n) is 9.82. The molecule has 1 saturated heterocycles. The molecule has 1 heterocycles. The van der Waals surface area contributed by atoms with Crippen molar-refractivity contribution < 1.29 is 5.11 Å². The van der Waals surface area contributed by atoms with E-state index >= 15 is 0 Å². The molecular formula is C21H34N2O. The van der Waals surface area contributed by atoms with Gasteiger partial charge in [0.05, 0.1) is 6.61 Å². The van der Waals surface area contributed by atoms with Crippen LogP contribution in [0.15, 0.2) is 24.3 Å². The van der Waals surface area contributed by atoms with Crippen LogP contribution in [0.2, 0.25) is 0 Å². The minimum Gasteiger partial charge on any atom is -0.395 e. The molecule has 0 atom stereocenters. The Morgan fingerprint density at radius 3 is 2.38 bits per heavy atom. The third-order valence-corrected chi connectivity index (χ3v) is 5.90. The van der Waals surface area contributed by atoms with Crippen LogP contribution in [0.25, 0.3) is 0 Å². The van der Waals surface area contributed by atoms with Crippen LogP contribution in [0.3, 0.4) is 0 Å². The largest absolute Gasteiger partial charge is 0.395 e. The van der Waals surface area contributed by atoms with E-state index in [1.165, 1.54) is 49.9 Å². The first kappa shape index (κ1) is 17.9. The van der Waals surface area contributed by atoms with Gasteiger partial charge in [-0.05, 0) is 75.6 Å². The summed E-state index contributed by atoms with van der Waals surface area (Å²) in [6.07, 6.45) is 5.34. The molecule has 3 nitrogen and oxygen atoms in total. The number of hydrogen-bond acceptors (Lipinski definition) is 3. The number of hydrogen-bond donors (Lipinski definition) is 1. The molecule has 0 bridgehead atoms. The van der Waals surface area contributed by atoms with Gasteiger partial charge in [0.2, 0.25) is 0 Å². The van der Waals surface area contributed by atoms with Gasteiger partial charge in [-0.1, -0.05) is 24.3 Å². The van der Waals surface area contributed by atoms with Crippen molar-refractivity contribution in [3.8, 4) is 0 Å². The first-order valence-corrected chi connectivity index (χ1v) is 9.82. The zero-order chi connectivity index (χ0) is 16.9. The standard InChI is InChI=1S/C21H34N2O/c1-17(2)23(11-12-24)16-19-13-21(14-19)20-7-5-18(6-8-20)15-22-9-3-4-10-22/h5-8,17,19,21,24H,3-4,9-16H2,1-2H3/t19-,21-. The van der Waals surface area contributed by atoms with Gasteiger partial charge in [-0.15, -0.1) is 0 Å². The van der Waals surface area contributed by atoms with Crippen molar-refractivity contribution in [1.29, 1.82) is 0 Å². The third kappa shape index (κ3) is 4.59. The summed E-state index contributed by atoms with van der Waals surface area (Å²) in [7, 11) is 0. The Kier molecular flexibility index (Phi) is 6.31. The molecule has 1 aliphatic carbocycles. The lowest BCUT2D eigenvalue weighted by molar-refractivity contribution is 0.110. The monoisotopic (exact) mass is 330 g/mol. The zero-order valence-electron chi connectivity index (χ0n) is 15.5. The maximum absolute atomic E-state index is 9.20. The van der Waals surface area contributed by atoms with Crippen LogP contribution >= 0.6 is 0 Å². The molecular weight excluding hydrogens is 296 g/mol. The molecule has 2 fully saturated rings. The Bertz CT molecular complexity index is 487. The SMILES string of the molecule is CC(C)N(CCO)C[C@H]1C[C@H](c2ccc(CN3CCCC3)cc2)C1. The fourth-order valence-corrected chi connectivity index (χ4v) is 4.27. The van der Waals surface area contributed by atoms with Crippen molar-refractivity contribution in [2.24, 2.45) is 5.92 Å². The van der Waals surface area contributed by atoms with E-state index in [1.54, 1.807) is 0 Å². The van der Waals surface area contributed by atoms with Crippen LogP contribution in [0.4, 0.5) is 0 Å². The molecule has 1 aromatic rings. The van der Waals surface area contributed by atoms with Gasteiger partial charge < -0.3 is 5.11 Å². The highest BCUT2D eigenvalue weighted by Crippen LogP contribution is 2.42. The van der Waals surface area contributed by atoms with Crippen molar-refractivity contribution in [3.63, 3.8) is 0 Å². The number of aliphatic hydroxyl groups is 1. The molecule has 0 unspecified atom stereocenters. The highest BCUT2D eigenvalue weighted by Gasteiger charge is 2.31. The minimum absolute atomic E-state index is 0.271. The average Bonchev–Trinajstić information content (AvgIpc) is 3.03. The number of rotatable bonds is 8. The summed E-state index contributed by atoms with van der Waals surface area (Å²) in [6.45, 7) is 10.3. The Morgan fingerprint density at radius 1 is 1.12 bits per heavy atom. The molecule has 134 valence electrons. The van der Waals surface area contributed by atoms with E-state index in [4.69, 9.17) is 0 Å². The quantitative estimate of drug-likeness (QED) is 0.790. The third-order valence-electron chi connectivity index (χ3n) is 5.90. The van der Waals surface area contributed by atoms with Crippen LogP contribution in [0, 0.1) is 5.92 Å². The van der Waals surface area contributed by atoms with Gasteiger partial charge >= 0.3 is 0 Å². The Hall–Kier alpha value is -0.900. The molecule has 1 aromatic carbocycles. The van der Waals surface area contributed by atoms with E-state index in [-0.39, 0.29) is 6.61 Å². The lowest BCUT2D eigenvalue weighted by Crippen LogP contribution is -2.40. The predicted octanol–water partition coefficient (Wildman–Crippen LogP) is 3.48. The summed E-state index contributed by atoms with van der Waals surface area (Å²) in [5.41, 5.74) is 2.99. The van der Waals surface area contributed by atoms with E-state index in [0.717, 1.165) is 31.5 Å². The number of benzene rings is 1. The van der Waals surface area contributed by atoms with Crippen molar-refractivity contribution in [1.82, 2.24) is 9.80 Å². The highest BCUT2D eigenvalue weighted by atomic mass is 16.3. The molecule has 0 aromatic heterocycles. The van der Waals surface area contributed by atoms with Gasteiger partial charge in [-0.2, -0.15) is 0 Å². The van der Waals surface area contributed by atoms with E-state index < -0.39 is 0 Å². The topological polar surface area (TPSA) is 26.7 Å². The van der Waals surface area contributed by atoms with Gasteiger partial charge in [-0.25, -0.2) is 0 Å². The van der Waals surface area contributed by atoms with Crippen molar-refractivity contribution in [3.05, 3.63) is 35.4 Å². The van der Waals surface area contributed by atoms with E-state index in [0.29, 0.717) is 6.04 Å². The summed E-state index contributed by atoms with van der Waals surface area (Å²) in [5, 5.41) is 9.20. The van der Waals surface area contributed by atoms with Gasteiger partial charge in [-0.3, -0.25) is 9.80 Å². The van der Waals surface area contributed by atoms with Gasteiger partial charge in [0.15, 0.2) is 0 Å². The second-order valence-electron chi connectivity index (χ2n) is 8.07. The lowest BCUT2D eigenvalue weighted by Gasteiger charge is -2.40. The van der Waals surface area contributed by atoms with Crippen LogP contribution in [0.5, 0.6) is 0 Å². The van der Waals surface area contributed by atoms with Crippen molar-refractivity contribution >= 4 is 0 Å². The Morgan fingerprint density at radius 2 is 1.79 bits per heavy atom. The molecule has 1 saturated carbocycles. The normalized spacial score (nSPS) is 24.7. The van der Waals surface area contributed by atoms with Gasteiger partial charge in [0.1, 0.15) is 0 Å². The van der Waals surface area contributed by atoms with E-state index in [2.05, 4.69) is 47.9 Å². The lowest BCUT2D eigenvalue weighted by atomic mass is 9.71. The summed E-state index contributed by atoms with van der Waals surface area (Å²) >= 11 is 0. The van der Waals surface area contributed by atoms with Crippen LogP contribution in [-0.4, -0.2) is 53.7 Å². The minimum atomic E-state index is 0.271. The zero-order valence-corrected chi connectivity index (χ0v) is 15.5. The van der Waals surface area contributed by atoms with Crippen LogP contribution < -0.4 is 0 Å². The number of likely N-dealkylation sites (tertiary alicyclic amines) is 1. The Labute approximate surface area is 147 Å². The van der Waals surface area contributed by atoms with Gasteiger partial charge in [0.25, 0.3) is 0 Å². The van der Waals surface area contributed by atoms with Crippen molar-refractivity contribution in [2.75, 3.05) is 32.8 Å².